The number of aldehydes is 1. The van der Waals surface area contributed by atoms with Gasteiger partial charge in [0.1, 0.15) is 18.6 Å². The molecule has 6 heteroatoms. The van der Waals surface area contributed by atoms with E-state index in [1.807, 2.05) is 6.07 Å². The fraction of sp³-hybridized carbons (Fsp3) is 0.412. The second kappa shape index (κ2) is 7.78. The molecular formula is C17H21NO5. The van der Waals surface area contributed by atoms with Crippen LogP contribution in [0.3, 0.4) is 0 Å². The molecule has 0 saturated heterocycles. The van der Waals surface area contributed by atoms with E-state index in [1.165, 1.54) is 6.08 Å². The van der Waals surface area contributed by atoms with E-state index in [1.54, 1.807) is 18.1 Å². The van der Waals surface area contributed by atoms with Crippen LogP contribution in [0, 0.1) is 0 Å². The van der Waals surface area contributed by atoms with Crippen LogP contribution in [0.4, 0.5) is 4.79 Å². The predicted octanol–water partition coefficient (Wildman–Crippen LogP) is 2.00. The molecule has 0 aliphatic carbocycles. The number of carbonyl (C=O) groups is 2. The second-order valence-corrected chi connectivity index (χ2v) is 5.25. The van der Waals surface area contributed by atoms with Crippen LogP contribution in [0.15, 0.2) is 24.8 Å². The summed E-state index contributed by atoms with van der Waals surface area (Å²) in [5.41, 5.74) is 2.49. The van der Waals surface area contributed by atoms with Crippen LogP contribution in [0.1, 0.15) is 29.2 Å². The number of hydrogen-bond acceptors (Lipinski definition) is 5. The lowest BCUT2D eigenvalue weighted by Gasteiger charge is -2.36. The van der Waals surface area contributed by atoms with Crippen LogP contribution in [-0.4, -0.2) is 42.6 Å². The first-order valence-corrected chi connectivity index (χ1v) is 7.44. The Morgan fingerprint density at radius 3 is 2.91 bits per heavy atom. The van der Waals surface area contributed by atoms with Gasteiger partial charge in [-0.15, -0.1) is 0 Å². The zero-order chi connectivity index (χ0) is 16.8. The highest BCUT2D eigenvalue weighted by Gasteiger charge is 2.32. The SMILES string of the molecule is C=CCOC(=O)N1CCc2cc(OC)c(CO)cc2[C@@H]1CC=O. The van der Waals surface area contributed by atoms with Gasteiger partial charge in [0.15, 0.2) is 0 Å². The largest absolute Gasteiger partial charge is 0.496 e. The third kappa shape index (κ3) is 3.53. The fourth-order valence-electron chi connectivity index (χ4n) is 2.87. The van der Waals surface area contributed by atoms with Crippen LogP contribution in [0.2, 0.25) is 0 Å². The van der Waals surface area contributed by atoms with Gasteiger partial charge >= 0.3 is 6.09 Å². The van der Waals surface area contributed by atoms with Crippen LogP contribution in [0.25, 0.3) is 0 Å². The van der Waals surface area contributed by atoms with Gasteiger partial charge in [-0.2, -0.15) is 0 Å². The lowest BCUT2D eigenvalue weighted by molar-refractivity contribution is -0.108. The van der Waals surface area contributed by atoms with Gasteiger partial charge in [0.25, 0.3) is 0 Å². The van der Waals surface area contributed by atoms with E-state index in [0.29, 0.717) is 24.3 Å². The van der Waals surface area contributed by atoms with Crippen molar-refractivity contribution in [3.05, 3.63) is 41.5 Å². The lowest BCUT2D eigenvalue weighted by atomic mass is 9.89. The van der Waals surface area contributed by atoms with Gasteiger partial charge in [0.05, 0.1) is 19.8 Å². The van der Waals surface area contributed by atoms with Crippen LogP contribution in [-0.2, 0) is 22.6 Å². The number of amides is 1. The molecule has 124 valence electrons. The number of fused-ring (bicyclic) bond motifs is 1. The van der Waals surface area contributed by atoms with E-state index >= 15 is 0 Å². The molecule has 1 aliphatic rings. The van der Waals surface area contributed by atoms with Crippen molar-refractivity contribution in [2.75, 3.05) is 20.3 Å². The van der Waals surface area contributed by atoms with Gasteiger partial charge in [0, 0.05) is 18.5 Å². The average Bonchev–Trinajstić information content (AvgIpc) is 2.58. The molecule has 0 bridgehead atoms. The summed E-state index contributed by atoms with van der Waals surface area (Å²) in [6.45, 7) is 3.93. The highest BCUT2D eigenvalue weighted by atomic mass is 16.6. The molecule has 23 heavy (non-hydrogen) atoms. The molecule has 1 heterocycles. The molecular weight excluding hydrogens is 298 g/mol. The lowest BCUT2D eigenvalue weighted by Crippen LogP contribution is -2.40. The summed E-state index contributed by atoms with van der Waals surface area (Å²) in [6, 6.07) is 3.27. The molecule has 0 aromatic heterocycles. The molecule has 2 rings (SSSR count). The van der Waals surface area contributed by atoms with Crippen LogP contribution in [0.5, 0.6) is 5.75 Å². The Morgan fingerprint density at radius 2 is 2.30 bits per heavy atom. The summed E-state index contributed by atoms with van der Waals surface area (Å²) in [4.78, 5) is 24.8. The third-order valence-electron chi connectivity index (χ3n) is 3.95. The number of methoxy groups -OCH3 is 1. The van der Waals surface area contributed by atoms with Crippen molar-refractivity contribution >= 4 is 12.4 Å². The minimum atomic E-state index is -0.469. The number of nitrogens with zero attached hydrogens (tertiary/aromatic N) is 1. The van der Waals surface area contributed by atoms with Crippen molar-refractivity contribution in [1.82, 2.24) is 4.90 Å². The van der Waals surface area contributed by atoms with E-state index in [2.05, 4.69) is 6.58 Å². The maximum atomic E-state index is 12.2. The molecule has 0 saturated carbocycles. The van der Waals surface area contributed by atoms with Gasteiger partial charge in [-0.05, 0) is 29.7 Å². The number of aliphatic hydroxyl groups is 1. The fourth-order valence-corrected chi connectivity index (χ4v) is 2.87. The standard InChI is InChI=1S/C17H21NO5/c1-3-8-23-17(21)18-6-4-12-10-16(22-2)13(11-20)9-14(12)15(18)5-7-19/h3,7,9-10,15,20H,1,4-6,8,11H2,2H3/t15-/m0/s1. The maximum Gasteiger partial charge on any atom is 0.410 e. The molecule has 0 fully saturated rings. The van der Waals surface area contributed by atoms with Gasteiger partial charge in [-0.3, -0.25) is 0 Å². The van der Waals surface area contributed by atoms with Crippen LogP contribution < -0.4 is 4.74 Å². The van der Waals surface area contributed by atoms with E-state index in [-0.39, 0.29) is 19.6 Å². The van der Waals surface area contributed by atoms with Gasteiger partial charge in [0.2, 0.25) is 0 Å². The molecule has 1 aliphatic heterocycles. The molecule has 6 nitrogen and oxygen atoms in total. The Balaban J connectivity index is 2.38. The molecule has 0 spiro atoms. The topological polar surface area (TPSA) is 76.1 Å². The van der Waals surface area contributed by atoms with E-state index in [0.717, 1.165) is 17.4 Å². The van der Waals surface area contributed by atoms with Gasteiger partial charge in [-0.1, -0.05) is 12.7 Å². The van der Waals surface area contributed by atoms with Crippen molar-refractivity contribution in [2.24, 2.45) is 0 Å². The smallest absolute Gasteiger partial charge is 0.410 e. The van der Waals surface area contributed by atoms with Crippen molar-refractivity contribution in [2.45, 2.75) is 25.5 Å². The molecule has 1 aromatic carbocycles. The summed E-state index contributed by atoms with van der Waals surface area (Å²) in [6.07, 6.45) is 2.63. The second-order valence-electron chi connectivity index (χ2n) is 5.25. The zero-order valence-electron chi connectivity index (χ0n) is 13.2. The highest BCUT2D eigenvalue weighted by Crippen LogP contribution is 2.36. The zero-order valence-corrected chi connectivity index (χ0v) is 13.2. The number of ether oxygens (including phenoxy) is 2. The predicted molar refractivity (Wildman–Crippen MR) is 84.3 cm³/mol. The van der Waals surface area contributed by atoms with Gasteiger partial charge < -0.3 is 24.3 Å². The molecule has 1 N–H and O–H groups in total. The molecule has 1 atom stereocenters. The molecule has 1 amide bonds. The number of aliphatic hydroxyl groups excluding tert-OH is 1. The minimum Gasteiger partial charge on any atom is -0.496 e. The van der Waals surface area contributed by atoms with E-state index < -0.39 is 12.1 Å². The Morgan fingerprint density at radius 1 is 1.52 bits per heavy atom. The van der Waals surface area contributed by atoms with Crippen molar-refractivity contribution in [1.29, 1.82) is 0 Å². The minimum absolute atomic E-state index is 0.125. The number of rotatable bonds is 6. The number of hydrogen-bond donors (Lipinski definition) is 1. The van der Waals surface area contributed by atoms with E-state index in [9.17, 15) is 14.7 Å². The average molecular weight is 319 g/mol. The van der Waals surface area contributed by atoms with Gasteiger partial charge in [-0.25, -0.2) is 4.79 Å². The first-order chi connectivity index (χ1) is 11.2. The Labute approximate surface area is 135 Å². The molecule has 0 radical (unpaired) electrons. The maximum absolute atomic E-state index is 12.2. The van der Waals surface area contributed by atoms with Crippen molar-refractivity contribution in [3.63, 3.8) is 0 Å². The first-order valence-electron chi connectivity index (χ1n) is 7.44. The third-order valence-corrected chi connectivity index (χ3v) is 3.95. The number of carbonyl (C=O) groups excluding carboxylic acids is 2. The number of benzene rings is 1. The molecule has 0 unspecified atom stereocenters. The summed E-state index contributed by atoms with van der Waals surface area (Å²) in [5, 5.41) is 9.49. The normalized spacial score (nSPS) is 16.4. The van der Waals surface area contributed by atoms with Crippen molar-refractivity contribution in [3.8, 4) is 5.75 Å². The monoisotopic (exact) mass is 319 g/mol. The first kappa shape index (κ1) is 17.0. The summed E-state index contributed by atoms with van der Waals surface area (Å²) < 4.78 is 10.4. The van der Waals surface area contributed by atoms with Crippen molar-refractivity contribution < 1.29 is 24.2 Å². The summed E-state index contributed by atoms with van der Waals surface area (Å²) in [7, 11) is 1.55. The molecule has 1 aromatic rings. The highest BCUT2D eigenvalue weighted by molar-refractivity contribution is 5.70. The Hall–Kier alpha value is -2.34. The Kier molecular flexibility index (Phi) is 5.76. The Bertz CT molecular complexity index is 599. The quantitative estimate of drug-likeness (QED) is 0.641. The van der Waals surface area contributed by atoms with E-state index in [4.69, 9.17) is 9.47 Å². The summed E-state index contributed by atoms with van der Waals surface area (Å²) in [5.74, 6) is 0.610. The summed E-state index contributed by atoms with van der Waals surface area (Å²) >= 11 is 0. The van der Waals surface area contributed by atoms with Crippen LogP contribution >= 0.6 is 0 Å².